The molecule has 0 bridgehead atoms. The maximum atomic E-state index is 13.0. The lowest BCUT2D eigenvalue weighted by Gasteiger charge is -2.34. The number of benzene rings is 2. The van der Waals surface area contributed by atoms with E-state index >= 15 is 0 Å². The highest BCUT2D eigenvalue weighted by Crippen LogP contribution is 2.28. The van der Waals surface area contributed by atoms with Gasteiger partial charge in [-0.2, -0.15) is 0 Å². The van der Waals surface area contributed by atoms with Crippen molar-refractivity contribution in [2.24, 2.45) is 0 Å². The molecule has 0 aromatic heterocycles. The quantitative estimate of drug-likeness (QED) is 0.569. The van der Waals surface area contributed by atoms with Crippen molar-refractivity contribution in [1.82, 2.24) is 0 Å². The number of hydrogen-bond acceptors (Lipinski definition) is 4. The first-order valence-corrected chi connectivity index (χ1v) is 11.1. The van der Waals surface area contributed by atoms with Crippen LogP contribution in [0.1, 0.15) is 58.4 Å². The summed E-state index contributed by atoms with van der Waals surface area (Å²) in [5.74, 6) is -0.143. The molecule has 0 unspecified atom stereocenters. The molecule has 1 fully saturated rings. The second-order valence-corrected chi connectivity index (χ2v) is 9.11. The molecule has 0 saturated heterocycles. The van der Waals surface area contributed by atoms with E-state index in [-0.39, 0.29) is 30.6 Å². The van der Waals surface area contributed by atoms with Crippen molar-refractivity contribution in [2.45, 2.75) is 64.3 Å². The van der Waals surface area contributed by atoms with Gasteiger partial charge in [-0.05, 0) is 48.1 Å². The average Bonchev–Trinajstić information content (AvgIpc) is 2.77. The molecule has 166 valence electrons. The summed E-state index contributed by atoms with van der Waals surface area (Å²) >= 11 is 0. The zero-order valence-corrected chi connectivity index (χ0v) is 18.8. The highest BCUT2D eigenvalue weighted by atomic mass is 16.6. The van der Waals surface area contributed by atoms with Crippen molar-refractivity contribution >= 4 is 17.6 Å². The fraction of sp³-hybridized carbons (Fsp3) is 0.462. The second-order valence-electron chi connectivity index (χ2n) is 9.11. The van der Waals surface area contributed by atoms with Crippen LogP contribution in [0.2, 0.25) is 0 Å². The van der Waals surface area contributed by atoms with E-state index in [0.29, 0.717) is 5.75 Å². The number of carbonyl (C=O) groups excluding carboxylic acids is 2. The van der Waals surface area contributed by atoms with E-state index in [1.165, 1.54) is 12.0 Å². The Morgan fingerprint density at radius 3 is 2.16 bits per heavy atom. The summed E-state index contributed by atoms with van der Waals surface area (Å²) in [6.07, 6.45) is 5.38. The fourth-order valence-electron chi connectivity index (χ4n) is 3.93. The molecule has 5 nitrogen and oxygen atoms in total. The minimum Gasteiger partial charge on any atom is -0.482 e. The molecule has 1 saturated carbocycles. The van der Waals surface area contributed by atoms with Gasteiger partial charge in [0.15, 0.2) is 13.2 Å². The third-order valence-electron chi connectivity index (χ3n) is 5.68. The summed E-state index contributed by atoms with van der Waals surface area (Å²) in [5, 5.41) is 0. The van der Waals surface area contributed by atoms with E-state index in [1.807, 2.05) is 54.6 Å². The summed E-state index contributed by atoms with van der Waals surface area (Å²) < 4.78 is 10.8. The number of nitrogens with zero attached hydrogens (tertiary/aromatic N) is 1. The van der Waals surface area contributed by atoms with Crippen molar-refractivity contribution in [3.05, 3.63) is 60.2 Å². The molecule has 0 radical (unpaired) electrons. The lowest BCUT2D eigenvalue weighted by Crippen LogP contribution is -2.44. The van der Waals surface area contributed by atoms with Crippen molar-refractivity contribution < 1.29 is 19.1 Å². The van der Waals surface area contributed by atoms with Crippen LogP contribution in [0.25, 0.3) is 0 Å². The van der Waals surface area contributed by atoms with Gasteiger partial charge in [-0.3, -0.25) is 4.79 Å². The Labute approximate surface area is 185 Å². The van der Waals surface area contributed by atoms with Gasteiger partial charge in [-0.25, -0.2) is 4.79 Å². The van der Waals surface area contributed by atoms with Crippen molar-refractivity contribution in [3.8, 4) is 5.75 Å². The monoisotopic (exact) mass is 423 g/mol. The zero-order valence-electron chi connectivity index (χ0n) is 18.8. The Morgan fingerprint density at radius 1 is 0.903 bits per heavy atom. The second kappa shape index (κ2) is 10.5. The molecule has 31 heavy (non-hydrogen) atoms. The average molecular weight is 424 g/mol. The lowest BCUT2D eigenvalue weighted by atomic mass is 9.87. The van der Waals surface area contributed by atoms with Crippen molar-refractivity contribution in [1.29, 1.82) is 0 Å². The third kappa shape index (κ3) is 6.58. The molecule has 1 amide bonds. The maximum absolute atomic E-state index is 13.0. The first-order chi connectivity index (χ1) is 14.8. The Bertz CT molecular complexity index is 849. The molecule has 2 aromatic carbocycles. The number of anilines is 1. The van der Waals surface area contributed by atoms with E-state index in [2.05, 4.69) is 20.8 Å². The van der Waals surface area contributed by atoms with Gasteiger partial charge in [0.05, 0.1) is 0 Å². The number of esters is 1. The number of rotatable bonds is 7. The molecule has 3 rings (SSSR count). The van der Waals surface area contributed by atoms with Gasteiger partial charge < -0.3 is 14.4 Å². The van der Waals surface area contributed by atoms with Crippen LogP contribution in [0.4, 0.5) is 5.69 Å². The van der Waals surface area contributed by atoms with Gasteiger partial charge in [-0.15, -0.1) is 0 Å². The Balaban J connectivity index is 1.53. The van der Waals surface area contributed by atoms with Crippen LogP contribution in [0, 0.1) is 0 Å². The molecule has 0 atom stereocenters. The fourth-order valence-corrected chi connectivity index (χ4v) is 3.93. The topological polar surface area (TPSA) is 55.8 Å². The number of hydrogen-bond donors (Lipinski definition) is 0. The van der Waals surface area contributed by atoms with E-state index < -0.39 is 5.97 Å². The third-order valence-corrected chi connectivity index (χ3v) is 5.68. The standard InChI is InChI=1S/C26H33NO4/c1-26(2,3)20-14-16-23(17-15-20)30-19-25(29)31-18-24(28)27(21-10-6-4-7-11-21)22-12-8-5-9-13-22/h4,6-7,10-11,14-17,22H,5,8-9,12-13,18-19H2,1-3H3. The number of ether oxygens (including phenoxy) is 2. The lowest BCUT2D eigenvalue weighted by molar-refractivity contribution is -0.149. The summed E-state index contributed by atoms with van der Waals surface area (Å²) in [6.45, 7) is 5.92. The van der Waals surface area contributed by atoms with Crippen molar-refractivity contribution in [2.75, 3.05) is 18.1 Å². The van der Waals surface area contributed by atoms with Gasteiger partial charge in [0.2, 0.25) is 0 Å². The minimum absolute atomic E-state index is 0.0563. The molecule has 5 heteroatoms. The highest BCUT2D eigenvalue weighted by Gasteiger charge is 2.27. The zero-order chi connectivity index (χ0) is 22.3. The smallest absolute Gasteiger partial charge is 0.344 e. The summed E-state index contributed by atoms with van der Waals surface area (Å²) in [6, 6.07) is 17.5. The normalized spacial score (nSPS) is 14.7. The van der Waals surface area contributed by atoms with Crippen LogP contribution in [-0.4, -0.2) is 31.1 Å². The molecule has 0 spiro atoms. The van der Waals surface area contributed by atoms with Gasteiger partial charge in [0.1, 0.15) is 5.75 Å². The molecule has 0 heterocycles. The van der Waals surface area contributed by atoms with Gasteiger partial charge in [0.25, 0.3) is 5.91 Å². The van der Waals surface area contributed by atoms with E-state index in [0.717, 1.165) is 31.4 Å². The van der Waals surface area contributed by atoms with E-state index in [1.54, 1.807) is 4.90 Å². The van der Waals surface area contributed by atoms with Crippen LogP contribution in [0.5, 0.6) is 5.75 Å². The van der Waals surface area contributed by atoms with E-state index in [9.17, 15) is 9.59 Å². The van der Waals surface area contributed by atoms with Crippen LogP contribution in [0.15, 0.2) is 54.6 Å². The molecule has 2 aromatic rings. The highest BCUT2D eigenvalue weighted by molar-refractivity contribution is 5.95. The molecular formula is C26H33NO4. The van der Waals surface area contributed by atoms with Gasteiger partial charge in [-0.1, -0.05) is 70.4 Å². The number of carbonyl (C=O) groups is 2. The molecule has 1 aliphatic carbocycles. The van der Waals surface area contributed by atoms with Crippen LogP contribution >= 0.6 is 0 Å². The SMILES string of the molecule is CC(C)(C)c1ccc(OCC(=O)OCC(=O)N(c2ccccc2)C2CCCCC2)cc1. The predicted octanol–water partition coefficient (Wildman–Crippen LogP) is 5.27. The first kappa shape index (κ1) is 22.9. The van der Waals surface area contributed by atoms with Crippen LogP contribution in [0.3, 0.4) is 0 Å². The van der Waals surface area contributed by atoms with Gasteiger partial charge in [0, 0.05) is 11.7 Å². The van der Waals surface area contributed by atoms with Crippen molar-refractivity contribution in [3.63, 3.8) is 0 Å². The first-order valence-electron chi connectivity index (χ1n) is 11.1. The largest absolute Gasteiger partial charge is 0.482 e. The van der Waals surface area contributed by atoms with Crippen LogP contribution in [-0.2, 0) is 19.7 Å². The van der Waals surface area contributed by atoms with E-state index in [4.69, 9.17) is 9.47 Å². The molecule has 1 aliphatic rings. The Hall–Kier alpha value is -2.82. The Kier molecular flexibility index (Phi) is 7.72. The maximum Gasteiger partial charge on any atom is 0.344 e. The minimum atomic E-state index is -0.551. The molecule has 0 aliphatic heterocycles. The number of amides is 1. The molecular weight excluding hydrogens is 390 g/mol. The Morgan fingerprint density at radius 2 is 1.55 bits per heavy atom. The van der Waals surface area contributed by atoms with Crippen LogP contribution < -0.4 is 9.64 Å². The summed E-state index contributed by atoms with van der Waals surface area (Å²) in [4.78, 5) is 26.9. The predicted molar refractivity (Wildman–Crippen MR) is 122 cm³/mol. The summed E-state index contributed by atoms with van der Waals surface area (Å²) in [5.41, 5.74) is 2.10. The van der Waals surface area contributed by atoms with Gasteiger partial charge >= 0.3 is 5.97 Å². The molecule has 0 N–H and O–H groups in total. The number of para-hydroxylation sites is 1. The summed E-state index contributed by atoms with van der Waals surface area (Å²) in [7, 11) is 0.